The highest BCUT2D eigenvalue weighted by atomic mass is 16.6. The quantitative estimate of drug-likeness (QED) is 0.633. The number of hydrogen-bond donors (Lipinski definition) is 1. The Kier molecular flexibility index (Phi) is 4.66. The van der Waals surface area contributed by atoms with Crippen LogP contribution in [0.25, 0.3) is 11.1 Å². The number of non-ortho nitro benzene ring substituents is 1. The van der Waals surface area contributed by atoms with Gasteiger partial charge in [-0.25, -0.2) is 4.79 Å². The van der Waals surface area contributed by atoms with E-state index in [9.17, 15) is 20.0 Å². The molecule has 1 aromatic carbocycles. The van der Waals surface area contributed by atoms with Crippen molar-refractivity contribution in [3.63, 3.8) is 0 Å². The summed E-state index contributed by atoms with van der Waals surface area (Å²) in [6.07, 6.45) is 2.71. The summed E-state index contributed by atoms with van der Waals surface area (Å²) in [5.41, 5.74) is -0.0227. The molecule has 3 rings (SSSR count). The molecule has 8 heteroatoms. The van der Waals surface area contributed by atoms with Gasteiger partial charge in [-0.1, -0.05) is 0 Å². The number of rotatable bonds is 6. The Morgan fingerprint density at radius 3 is 2.84 bits per heavy atom. The van der Waals surface area contributed by atoms with Crippen molar-refractivity contribution in [2.75, 3.05) is 13.1 Å². The molecular weight excluding hydrogens is 326 g/mol. The van der Waals surface area contributed by atoms with Crippen molar-refractivity contribution in [2.24, 2.45) is 0 Å². The van der Waals surface area contributed by atoms with E-state index in [1.165, 1.54) is 22.8 Å². The molecule has 8 nitrogen and oxygen atoms in total. The zero-order chi connectivity index (χ0) is 18.2. The Labute approximate surface area is 144 Å². The van der Waals surface area contributed by atoms with E-state index >= 15 is 0 Å². The summed E-state index contributed by atoms with van der Waals surface area (Å²) >= 11 is 0. The summed E-state index contributed by atoms with van der Waals surface area (Å²) < 4.78 is 6.60. The fraction of sp³-hybridized carbons (Fsp3) is 0.588. The van der Waals surface area contributed by atoms with E-state index in [0.717, 1.165) is 25.9 Å². The molecule has 1 aliphatic heterocycles. The molecule has 1 unspecified atom stereocenters. The van der Waals surface area contributed by atoms with Gasteiger partial charge in [-0.05, 0) is 45.7 Å². The maximum atomic E-state index is 12.0. The monoisotopic (exact) mass is 349 g/mol. The lowest BCUT2D eigenvalue weighted by Gasteiger charge is -2.33. The second kappa shape index (κ2) is 6.61. The van der Waals surface area contributed by atoms with Crippen LogP contribution < -0.4 is 5.76 Å². The number of nitro groups is 1. The molecule has 1 atom stereocenters. The number of aliphatic hydroxyl groups is 1. The van der Waals surface area contributed by atoms with Gasteiger partial charge in [0.05, 0.1) is 16.0 Å². The highest BCUT2D eigenvalue weighted by Crippen LogP contribution is 2.27. The molecule has 0 radical (unpaired) electrons. The number of nitro benzene ring substituents is 1. The Morgan fingerprint density at radius 1 is 1.40 bits per heavy atom. The van der Waals surface area contributed by atoms with Crippen LogP contribution in [0.1, 0.15) is 33.1 Å². The van der Waals surface area contributed by atoms with Gasteiger partial charge < -0.3 is 9.52 Å². The van der Waals surface area contributed by atoms with Gasteiger partial charge in [0.25, 0.3) is 5.69 Å². The number of benzene rings is 1. The van der Waals surface area contributed by atoms with Gasteiger partial charge in [0, 0.05) is 31.3 Å². The van der Waals surface area contributed by atoms with Crippen molar-refractivity contribution in [2.45, 2.75) is 51.3 Å². The van der Waals surface area contributed by atoms with Gasteiger partial charge in [0.2, 0.25) is 0 Å². The van der Waals surface area contributed by atoms with E-state index in [0.29, 0.717) is 24.1 Å². The lowest BCUT2D eigenvalue weighted by Crippen LogP contribution is -2.46. The third-order valence-electron chi connectivity index (χ3n) is 4.87. The highest BCUT2D eigenvalue weighted by Gasteiger charge is 2.35. The van der Waals surface area contributed by atoms with Gasteiger partial charge in [-0.15, -0.1) is 0 Å². The van der Waals surface area contributed by atoms with Crippen LogP contribution in [-0.4, -0.2) is 44.2 Å². The normalized spacial score (nSPS) is 18.9. The third kappa shape index (κ3) is 3.59. The molecule has 1 aliphatic rings. The molecule has 1 N–H and O–H groups in total. The van der Waals surface area contributed by atoms with Crippen LogP contribution in [-0.2, 0) is 6.54 Å². The van der Waals surface area contributed by atoms with E-state index in [2.05, 4.69) is 4.90 Å². The average Bonchev–Trinajstić information content (AvgIpc) is 3.11. The molecule has 1 fully saturated rings. The van der Waals surface area contributed by atoms with E-state index in [-0.39, 0.29) is 11.7 Å². The minimum Gasteiger partial charge on any atom is -0.408 e. The van der Waals surface area contributed by atoms with Gasteiger partial charge in [0.1, 0.15) is 0 Å². The van der Waals surface area contributed by atoms with E-state index in [1.807, 2.05) is 13.8 Å². The molecule has 2 heterocycles. The van der Waals surface area contributed by atoms with Crippen molar-refractivity contribution in [3.05, 3.63) is 38.9 Å². The maximum absolute atomic E-state index is 12.0. The van der Waals surface area contributed by atoms with Gasteiger partial charge in [-0.3, -0.25) is 19.6 Å². The standard InChI is InChI=1S/C17H23N3O5/c1-17(2,22)15-5-3-8-18(15)9-4-10-19-13-11-12(20(23)24)6-7-14(13)25-16(19)21/h6-7,11,15,22H,3-5,8-10H2,1-2H3. The minimum absolute atomic E-state index is 0.0660. The first-order valence-corrected chi connectivity index (χ1v) is 8.51. The predicted molar refractivity (Wildman–Crippen MR) is 92.6 cm³/mol. The second-order valence-corrected chi connectivity index (χ2v) is 7.13. The Bertz CT molecular complexity index is 833. The van der Waals surface area contributed by atoms with Crippen LogP contribution in [0.4, 0.5) is 5.69 Å². The molecule has 0 saturated carbocycles. The molecule has 0 amide bonds. The first kappa shape index (κ1) is 17.6. The molecule has 25 heavy (non-hydrogen) atoms. The van der Waals surface area contributed by atoms with Crippen LogP contribution >= 0.6 is 0 Å². The zero-order valence-electron chi connectivity index (χ0n) is 14.5. The fourth-order valence-electron chi connectivity index (χ4n) is 3.70. The van der Waals surface area contributed by atoms with Crippen LogP contribution in [0.15, 0.2) is 27.4 Å². The van der Waals surface area contributed by atoms with E-state index in [1.54, 1.807) is 0 Å². The lowest BCUT2D eigenvalue weighted by molar-refractivity contribution is -0.384. The predicted octanol–water partition coefficient (Wildman–Crippen LogP) is 2.13. The van der Waals surface area contributed by atoms with Crippen molar-refractivity contribution in [3.8, 4) is 0 Å². The number of likely N-dealkylation sites (tertiary alicyclic amines) is 1. The first-order chi connectivity index (χ1) is 11.8. The van der Waals surface area contributed by atoms with E-state index < -0.39 is 16.3 Å². The maximum Gasteiger partial charge on any atom is 0.419 e. The summed E-state index contributed by atoms with van der Waals surface area (Å²) in [6, 6.07) is 4.27. The third-order valence-corrected chi connectivity index (χ3v) is 4.87. The number of nitrogens with zero attached hydrogens (tertiary/aromatic N) is 3. The first-order valence-electron chi connectivity index (χ1n) is 8.51. The summed E-state index contributed by atoms with van der Waals surface area (Å²) in [5, 5.41) is 21.2. The van der Waals surface area contributed by atoms with Crippen molar-refractivity contribution in [1.29, 1.82) is 0 Å². The number of hydrogen-bond acceptors (Lipinski definition) is 6. The van der Waals surface area contributed by atoms with Crippen LogP contribution in [0.3, 0.4) is 0 Å². The number of oxazole rings is 1. The SMILES string of the molecule is CC(C)(O)C1CCCN1CCCn1c(=O)oc2ccc([N+](=O)[O-])cc21. The smallest absolute Gasteiger partial charge is 0.408 e. The molecule has 136 valence electrons. The summed E-state index contributed by atoms with van der Waals surface area (Å²) in [4.78, 5) is 24.7. The molecule has 1 saturated heterocycles. The molecule has 0 bridgehead atoms. The molecular formula is C17H23N3O5. The van der Waals surface area contributed by atoms with E-state index in [4.69, 9.17) is 4.42 Å². The zero-order valence-corrected chi connectivity index (χ0v) is 14.5. The number of aromatic nitrogens is 1. The van der Waals surface area contributed by atoms with Crippen LogP contribution in [0.2, 0.25) is 0 Å². The Hall–Kier alpha value is -2.19. The summed E-state index contributed by atoms with van der Waals surface area (Å²) in [7, 11) is 0. The summed E-state index contributed by atoms with van der Waals surface area (Å²) in [6.45, 7) is 5.75. The average molecular weight is 349 g/mol. The summed E-state index contributed by atoms with van der Waals surface area (Å²) in [5.74, 6) is -0.504. The largest absolute Gasteiger partial charge is 0.419 e. The second-order valence-electron chi connectivity index (χ2n) is 7.13. The Morgan fingerprint density at radius 2 is 2.16 bits per heavy atom. The van der Waals surface area contributed by atoms with Crippen molar-refractivity contribution >= 4 is 16.8 Å². The topological polar surface area (TPSA) is 102 Å². The molecule has 2 aromatic rings. The fourth-order valence-corrected chi connectivity index (χ4v) is 3.70. The molecule has 0 aliphatic carbocycles. The van der Waals surface area contributed by atoms with Crippen LogP contribution in [0.5, 0.6) is 0 Å². The van der Waals surface area contributed by atoms with Gasteiger partial charge in [-0.2, -0.15) is 0 Å². The lowest BCUT2D eigenvalue weighted by atomic mass is 9.96. The number of aryl methyl sites for hydroxylation is 1. The Balaban J connectivity index is 1.73. The molecule has 1 aromatic heterocycles. The molecule has 0 spiro atoms. The van der Waals surface area contributed by atoms with Crippen molar-refractivity contribution < 1.29 is 14.4 Å². The van der Waals surface area contributed by atoms with Crippen LogP contribution in [0, 0.1) is 10.1 Å². The van der Waals surface area contributed by atoms with Gasteiger partial charge in [0.15, 0.2) is 5.58 Å². The van der Waals surface area contributed by atoms with Gasteiger partial charge >= 0.3 is 5.76 Å². The highest BCUT2D eigenvalue weighted by molar-refractivity contribution is 5.75. The number of fused-ring (bicyclic) bond motifs is 1. The van der Waals surface area contributed by atoms with Crippen molar-refractivity contribution in [1.82, 2.24) is 9.47 Å². The minimum atomic E-state index is -0.754.